The molecule has 0 aliphatic carbocycles. The first-order chi connectivity index (χ1) is 13.5. The number of amides is 1. The van der Waals surface area contributed by atoms with Gasteiger partial charge in [-0.3, -0.25) is 14.2 Å². The maximum Gasteiger partial charge on any atom is 0.261 e. The summed E-state index contributed by atoms with van der Waals surface area (Å²) in [7, 11) is 0. The predicted octanol–water partition coefficient (Wildman–Crippen LogP) is 4.84. The summed E-state index contributed by atoms with van der Waals surface area (Å²) in [6, 6.07) is 10.9. The highest BCUT2D eigenvalue weighted by molar-refractivity contribution is 9.10. The Morgan fingerprint density at radius 1 is 1.11 bits per heavy atom. The fourth-order valence-electron chi connectivity index (χ4n) is 3.65. The van der Waals surface area contributed by atoms with Gasteiger partial charge in [0.05, 0.1) is 16.6 Å². The van der Waals surface area contributed by atoms with Gasteiger partial charge in [-0.1, -0.05) is 18.9 Å². The molecule has 0 saturated heterocycles. The first-order valence-corrected chi connectivity index (χ1v) is 10.4. The molecule has 1 aromatic heterocycles. The Bertz CT molecular complexity index is 1120. The van der Waals surface area contributed by atoms with E-state index in [2.05, 4.69) is 21.2 Å². The molecule has 1 N–H and O–H groups in total. The summed E-state index contributed by atoms with van der Waals surface area (Å²) in [5, 5.41) is 3.48. The fourth-order valence-corrected chi connectivity index (χ4v) is 4.24. The van der Waals surface area contributed by atoms with Crippen molar-refractivity contribution in [2.75, 3.05) is 5.32 Å². The number of nitrogens with one attached hydrogen (secondary N) is 1. The molecule has 144 valence electrons. The Labute approximate surface area is 171 Å². The molecule has 6 heteroatoms. The molecule has 1 aliphatic rings. The molecule has 28 heavy (non-hydrogen) atoms. The molecular weight excluding hydrogens is 418 g/mol. The zero-order chi connectivity index (χ0) is 19.7. The number of fused-ring (bicyclic) bond motifs is 2. The Morgan fingerprint density at radius 2 is 1.93 bits per heavy atom. The number of carbonyl (C=O) groups excluding carboxylic acids is 1. The van der Waals surface area contributed by atoms with Crippen molar-refractivity contribution in [3.8, 4) is 0 Å². The molecule has 3 aromatic rings. The summed E-state index contributed by atoms with van der Waals surface area (Å²) >= 11 is 3.48. The van der Waals surface area contributed by atoms with Crippen molar-refractivity contribution in [2.45, 2.75) is 45.6 Å². The topological polar surface area (TPSA) is 64.0 Å². The molecular formula is C22H22BrN3O2. The minimum atomic E-state index is -0.222. The lowest BCUT2D eigenvalue weighted by molar-refractivity contribution is 0.102. The SMILES string of the molecule is Cc1ccc(NC(=O)c2ccc3c(=O)n4c(nc3c2)CCCCCC4)c(Br)c1. The van der Waals surface area contributed by atoms with E-state index in [1.807, 2.05) is 29.7 Å². The van der Waals surface area contributed by atoms with Gasteiger partial charge in [0.15, 0.2) is 0 Å². The van der Waals surface area contributed by atoms with Gasteiger partial charge < -0.3 is 5.32 Å². The van der Waals surface area contributed by atoms with Gasteiger partial charge in [-0.2, -0.15) is 0 Å². The van der Waals surface area contributed by atoms with Gasteiger partial charge in [-0.05, 0) is 71.6 Å². The number of anilines is 1. The van der Waals surface area contributed by atoms with Crippen molar-refractivity contribution in [2.24, 2.45) is 0 Å². The highest BCUT2D eigenvalue weighted by Crippen LogP contribution is 2.24. The molecule has 0 unspecified atom stereocenters. The van der Waals surface area contributed by atoms with Crippen molar-refractivity contribution in [3.05, 3.63) is 68.2 Å². The van der Waals surface area contributed by atoms with Crippen LogP contribution in [0.1, 0.15) is 47.4 Å². The maximum absolute atomic E-state index is 12.9. The van der Waals surface area contributed by atoms with E-state index in [0.29, 0.717) is 22.2 Å². The van der Waals surface area contributed by atoms with Gasteiger partial charge in [0.25, 0.3) is 11.5 Å². The first kappa shape index (κ1) is 18.9. The minimum Gasteiger partial charge on any atom is -0.321 e. The van der Waals surface area contributed by atoms with E-state index in [1.54, 1.807) is 18.2 Å². The standard InChI is InChI=1S/C22H22BrN3O2/c1-14-7-10-18(17(23)12-14)25-21(27)15-8-9-16-19(13-15)24-20-6-4-2-3-5-11-26(20)22(16)28/h7-10,12-13H,2-6,11H2,1H3,(H,25,27). The summed E-state index contributed by atoms with van der Waals surface area (Å²) < 4.78 is 2.64. The third-order valence-electron chi connectivity index (χ3n) is 5.20. The molecule has 4 rings (SSSR count). The van der Waals surface area contributed by atoms with Gasteiger partial charge in [-0.25, -0.2) is 4.98 Å². The summed E-state index contributed by atoms with van der Waals surface area (Å²) in [5.74, 6) is 0.608. The number of rotatable bonds is 2. The summed E-state index contributed by atoms with van der Waals surface area (Å²) in [6.45, 7) is 2.72. The van der Waals surface area contributed by atoms with E-state index < -0.39 is 0 Å². The molecule has 0 atom stereocenters. The van der Waals surface area contributed by atoms with Crippen LogP contribution in [0, 0.1) is 6.92 Å². The molecule has 0 fully saturated rings. The molecule has 0 spiro atoms. The van der Waals surface area contributed by atoms with Crippen molar-refractivity contribution < 1.29 is 4.79 Å². The molecule has 1 amide bonds. The normalized spacial score (nSPS) is 14.2. The fraction of sp³-hybridized carbons (Fsp3) is 0.318. The van der Waals surface area contributed by atoms with Gasteiger partial charge in [-0.15, -0.1) is 0 Å². The van der Waals surface area contributed by atoms with Crippen LogP contribution in [0.25, 0.3) is 10.9 Å². The quantitative estimate of drug-likeness (QED) is 0.621. The second kappa shape index (κ2) is 7.87. The Balaban J connectivity index is 1.69. The number of benzene rings is 2. The van der Waals surface area contributed by atoms with Gasteiger partial charge >= 0.3 is 0 Å². The third-order valence-corrected chi connectivity index (χ3v) is 5.86. The van der Waals surface area contributed by atoms with Crippen LogP contribution in [-0.2, 0) is 13.0 Å². The van der Waals surface area contributed by atoms with Crippen molar-refractivity contribution >= 4 is 38.4 Å². The second-order valence-corrected chi connectivity index (χ2v) is 8.17. The molecule has 0 bridgehead atoms. The lowest BCUT2D eigenvalue weighted by Gasteiger charge is -2.16. The number of nitrogens with zero attached hydrogens (tertiary/aromatic N) is 2. The predicted molar refractivity (Wildman–Crippen MR) is 115 cm³/mol. The van der Waals surface area contributed by atoms with E-state index in [0.717, 1.165) is 48.1 Å². The average molecular weight is 440 g/mol. The summed E-state index contributed by atoms with van der Waals surface area (Å²) in [5.41, 5.74) is 2.89. The number of hydrogen-bond acceptors (Lipinski definition) is 3. The van der Waals surface area contributed by atoms with Gasteiger partial charge in [0.1, 0.15) is 5.82 Å². The molecule has 1 aliphatic heterocycles. The second-order valence-electron chi connectivity index (χ2n) is 7.32. The molecule has 0 saturated carbocycles. The molecule has 2 heterocycles. The number of carbonyl (C=O) groups is 1. The van der Waals surface area contributed by atoms with Gasteiger partial charge in [0.2, 0.25) is 0 Å². The van der Waals surface area contributed by atoms with Crippen LogP contribution in [0.2, 0.25) is 0 Å². The van der Waals surface area contributed by atoms with E-state index in [1.165, 1.54) is 6.42 Å². The van der Waals surface area contributed by atoms with E-state index in [4.69, 9.17) is 4.98 Å². The van der Waals surface area contributed by atoms with Crippen molar-refractivity contribution in [3.63, 3.8) is 0 Å². The van der Waals surface area contributed by atoms with Gasteiger partial charge in [0, 0.05) is 23.0 Å². The summed E-state index contributed by atoms with van der Waals surface area (Å²) in [4.78, 5) is 30.4. The van der Waals surface area contributed by atoms with Crippen LogP contribution >= 0.6 is 15.9 Å². The monoisotopic (exact) mass is 439 g/mol. The Morgan fingerprint density at radius 3 is 2.75 bits per heavy atom. The number of aromatic nitrogens is 2. The minimum absolute atomic E-state index is 0.00450. The number of aryl methyl sites for hydroxylation is 2. The van der Waals surface area contributed by atoms with Crippen LogP contribution in [0.15, 0.2) is 45.7 Å². The molecule has 5 nitrogen and oxygen atoms in total. The largest absolute Gasteiger partial charge is 0.321 e. The van der Waals surface area contributed by atoms with Crippen LogP contribution in [-0.4, -0.2) is 15.5 Å². The van der Waals surface area contributed by atoms with Crippen LogP contribution in [0.5, 0.6) is 0 Å². The number of halogens is 1. The molecule has 0 radical (unpaired) electrons. The maximum atomic E-state index is 12.9. The van der Waals surface area contributed by atoms with Crippen LogP contribution in [0.4, 0.5) is 5.69 Å². The highest BCUT2D eigenvalue weighted by Gasteiger charge is 2.15. The summed E-state index contributed by atoms with van der Waals surface area (Å²) in [6.07, 6.45) is 5.17. The Kier molecular flexibility index (Phi) is 5.31. The average Bonchev–Trinajstić information content (AvgIpc) is 2.65. The van der Waals surface area contributed by atoms with E-state index in [9.17, 15) is 9.59 Å². The first-order valence-electron chi connectivity index (χ1n) is 9.64. The van der Waals surface area contributed by atoms with Crippen LogP contribution in [0.3, 0.4) is 0 Å². The van der Waals surface area contributed by atoms with Crippen molar-refractivity contribution in [1.82, 2.24) is 9.55 Å². The van der Waals surface area contributed by atoms with E-state index >= 15 is 0 Å². The van der Waals surface area contributed by atoms with Crippen molar-refractivity contribution in [1.29, 1.82) is 0 Å². The smallest absolute Gasteiger partial charge is 0.261 e. The highest BCUT2D eigenvalue weighted by atomic mass is 79.9. The molecule has 2 aromatic carbocycles. The lowest BCUT2D eigenvalue weighted by Crippen LogP contribution is -2.26. The lowest BCUT2D eigenvalue weighted by atomic mass is 10.1. The third kappa shape index (κ3) is 3.74. The van der Waals surface area contributed by atoms with Crippen LogP contribution < -0.4 is 10.9 Å². The zero-order valence-electron chi connectivity index (χ0n) is 15.8. The zero-order valence-corrected chi connectivity index (χ0v) is 17.4. The number of hydrogen-bond donors (Lipinski definition) is 1. The Hall–Kier alpha value is -2.47. The van der Waals surface area contributed by atoms with E-state index in [-0.39, 0.29) is 11.5 Å².